The molecule has 1 fully saturated rings. The zero-order chi connectivity index (χ0) is 15.4. The molecule has 1 aromatic carbocycles. The first-order chi connectivity index (χ1) is 10.8. The van der Waals surface area contributed by atoms with E-state index in [1.807, 2.05) is 24.3 Å². The summed E-state index contributed by atoms with van der Waals surface area (Å²) >= 11 is 0. The van der Waals surface area contributed by atoms with Gasteiger partial charge in [0.2, 0.25) is 0 Å². The fourth-order valence-electron chi connectivity index (χ4n) is 2.59. The highest BCUT2D eigenvalue weighted by Gasteiger charge is 2.27. The van der Waals surface area contributed by atoms with Crippen LogP contribution < -0.4 is 10.1 Å². The summed E-state index contributed by atoms with van der Waals surface area (Å²) in [5, 5.41) is 17.0. The summed E-state index contributed by atoms with van der Waals surface area (Å²) in [5.41, 5.74) is 0.743. The monoisotopic (exact) mass is 302 g/mol. The number of H-pyrrole nitrogens is 1. The number of carbonyl (C=O) groups is 1. The number of tetrazole rings is 1. The number of hydrogen-bond acceptors (Lipinski definition) is 5. The lowest BCUT2D eigenvalue weighted by Crippen LogP contribution is -2.41. The molecule has 1 saturated heterocycles. The minimum Gasteiger partial charge on any atom is -0.497 e. The molecule has 0 saturated carbocycles. The van der Waals surface area contributed by atoms with Crippen LogP contribution in [0.1, 0.15) is 24.6 Å². The van der Waals surface area contributed by atoms with Crippen molar-refractivity contribution in [1.82, 2.24) is 25.5 Å². The number of hydrogen-bond donors (Lipinski definition) is 2. The van der Waals surface area contributed by atoms with E-state index in [4.69, 9.17) is 4.74 Å². The Morgan fingerprint density at radius 1 is 1.41 bits per heavy atom. The molecular weight excluding hydrogens is 284 g/mol. The third kappa shape index (κ3) is 3.16. The van der Waals surface area contributed by atoms with Gasteiger partial charge in [0.15, 0.2) is 5.82 Å². The molecule has 2 amide bonds. The molecule has 0 spiro atoms. The van der Waals surface area contributed by atoms with E-state index in [-0.39, 0.29) is 11.9 Å². The molecule has 1 atom stereocenters. The van der Waals surface area contributed by atoms with Crippen molar-refractivity contribution >= 4 is 11.7 Å². The molecule has 8 heteroatoms. The van der Waals surface area contributed by atoms with Crippen molar-refractivity contribution < 1.29 is 9.53 Å². The number of ether oxygens (including phenoxy) is 1. The number of urea groups is 1. The van der Waals surface area contributed by atoms with Crippen molar-refractivity contribution in [1.29, 1.82) is 0 Å². The second-order valence-corrected chi connectivity index (χ2v) is 5.21. The summed E-state index contributed by atoms with van der Waals surface area (Å²) < 4.78 is 5.10. The minimum atomic E-state index is -0.113. The van der Waals surface area contributed by atoms with E-state index in [0.717, 1.165) is 30.8 Å². The van der Waals surface area contributed by atoms with Crippen LogP contribution >= 0.6 is 0 Å². The number of benzene rings is 1. The smallest absolute Gasteiger partial charge is 0.321 e. The fraction of sp³-hybridized carbons (Fsp3) is 0.429. The lowest BCUT2D eigenvalue weighted by molar-refractivity contribution is 0.191. The predicted molar refractivity (Wildman–Crippen MR) is 79.7 cm³/mol. The Kier molecular flexibility index (Phi) is 4.17. The maximum atomic E-state index is 12.4. The van der Waals surface area contributed by atoms with Gasteiger partial charge in [-0.15, -0.1) is 10.2 Å². The number of aromatic amines is 1. The highest BCUT2D eigenvalue weighted by molar-refractivity contribution is 5.89. The molecule has 2 N–H and O–H groups in total. The molecule has 22 heavy (non-hydrogen) atoms. The molecule has 116 valence electrons. The lowest BCUT2D eigenvalue weighted by atomic mass is 9.98. The maximum Gasteiger partial charge on any atom is 0.321 e. The zero-order valence-electron chi connectivity index (χ0n) is 12.3. The van der Waals surface area contributed by atoms with E-state index in [9.17, 15) is 4.79 Å². The Bertz CT molecular complexity index is 613. The van der Waals surface area contributed by atoms with Crippen LogP contribution in [0.4, 0.5) is 10.5 Å². The first-order valence-electron chi connectivity index (χ1n) is 7.19. The van der Waals surface area contributed by atoms with Crippen LogP contribution in [-0.4, -0.2) is 51.8 Å². The Hall–Kier alpha value is -2.64. The number of nitrogens with one attached hydrogen (secondary N) is 2. The van der Waals surface area contributed by atoms with Gasteiger partial charge in [0, 0.05) is 24.7 Å². The van der Waals surface area contributed by atoms with Gasteiger partial charge in [-0.1, -0.05) is 5.21 Å². The van der Waals surface area contributed by atoms with Crippen molar-refractivity contribution in [2.75, 3.05) is 25.5 Å². The van der Waals surface area contributed by atoms with Crippen molar-refractivity contribution in [3.63, 3.8) is 0 Å². The molecule has 1 aliphatic rings. The van der Waals surface area contributed by atoms with E-state index >= 15 is 0 Å². The minimum absolute atomic E-state index is 0.113. The topological polar surface area (TPSA) is 96.0 Å². The Morgan fingerprint density at radius 2 is 2.23 bits per heavy atom. The van der Waals surface area contributed by atoms with Gasteiger partial charge in [-0.25, -0.2) is 4.79 Å². The van der Waals surface area contributed by atoms with E-state index in [1.165, 1.54) is 0 Å². The number of likely N-dealkylation sites (tertiary alicyclic amines) is 1. The van der Waals surface area contributed by atoms with E-state index < -0.39 is 0 Å². The number of rotatable bonds is 3. The second-order valence-electron chi connectivity index (χ2n) is 5.21. The number of amides is 2. The van der Waals surface area contributed by atoms with Crippen LogP contribution in [0.15, 0.2) is 24.3 Å². The largest absolute Gasteiger partial charge is 0.497 e. The number of methoxy groups -OCH3 is 1. The summed E-state index contributed by atoms with van der Waals surface area (Å²) in [6.07, 6.45) is 1.89. The van der Waals surface area contributed by atoms with Crippen molar-refractivity contribution in [3.8, 4) is 5.75 Å². The van der Waals surface area contributed by atoms with Gasteiger partial charge in [0.1, 0.15) is 5.75 Å². The summed E-state index contributed by atoms with van der Waals surface area (Å²) in [7, 11) is 1.61. The van der Waals surface area contributed by atoms with Crippen molar-refractivity contribution in [2.24, 2.45) is 0 Å². The van der Waals surface area contributed by atoms with Crippen molar-refractivity contribution in [3.05, 3.63) is 30.1 Å². The highest BCUT2D eigenvalue weighted by Crippen LogP contribution is 2.24. The van der Waals surface area contributed by atoms with Crippen LogP contribution in [0.2, 0.25) is 0 Å². The Morgan fingerprint density at radius 3 is 2.91 bits per heavy atom. The van der Waals surface area contributed by atoms with E-state index in [1.54, 1.807) is 12.0 Å². The maximum absolute atomic E-state index is 12.4. The number of nitrogens with zero attached hydrogens (tertiary/aromatic N) is 4. The Labute approximate surface area is 127 Å². The number of anilines is 1. The molecule has 1 aliphatic heterocycles. The van der Waals surface area contributed by atoms with Gasteiger partial charge >= 0.3 is 6.03 Å². The van der Waals surface area contributed by atoms with Gasteiger partial charge in [-0.3, -0.25) is 0 Å². The highest BCUT2D eigenvalue weighted by atomic mass is 16.5. The Balaban J connectivity index is 1.61. The molecule has 1 unspecified atom stereocenters. The average Bonchev–Trinajstić information content (AvgIpc) is 3.10. The molecule has 2 heterocycles. The lowest BCUT2D eigenvalue weighted by Gasteiger charge is -2.31. The van der Waals surface area contributed by atoms with Gasteiger partial charge < -0.3 is 15.0 Å². The zero-order valence-corrected chi connectivity index (χ0v) is 12.3. The van der Waals surface area contributed by atoms with Crippen LogP contribution in [0.5, 0.6) is 5.75 Å². The average molecular weight is 302 g/mol. The molecule has 1 aromatic heterocycles. The molecule has 0 bridgehead atoms. The normalized spacial score (nSPS) is 18.0. The van der Waals surface area contributed by atoms with Gasteiger partial charge in [0.25, 0.3) is 0 Å². The molecular formula is C14H18N6O2. The fourth-order valence-corrected chi connectivity index (χ4v) is 2.59. The van der Waals surface area contributed by atoms with Crippen molar-refractivity contribution in [2.45, 2.75) is 18.8 Å². The quantitative estimate of drug-likeness (QED) is 0.898. The molecule has 8 nitrogen and oxygen atoms in total. The predicted octanol–water partition coefficient (Wildman–Crippen LogP) is 1.62. The number of carbonyl (C=O) groups excluding carboxylic acids is 1. The third-order valence-corrected chi connectivity index (χ3v) is 3.78. The van der Waals surface area contributed by atoms with Gasteiger partial charge in [-0.2, -0.15) is 5.21 Å². The summed E-state index contributed by atoms with van der Waals surface area (Å²) in [6, 6.07) is 7.15. The van der Waals surface area contributed by atoms with E-state index in [0.29, 0.717) is 12.4 Å². The van der Waals surface area contributed by atoms with Crippen LogP contribution in [0, 0.1) is 0 Å². The summed E-state index contributed by atoms with van der Waals surface area (Å²) in [5.74, 6) is 1.56. The standard InChI is InChI=1S/C14H18N6O2/c1-22-12-6-4-11(5-7-12)15-14(21)20-8-2-3-10(9-20)13-16-18-19-17-13/h4-7,10H,2-3,8-9H2,1H3,(H,15,21)(H,16,17,18,19). The van der Waals surface area contributed by atoms with Gasteiger partial charge in [-0.05, 0) is 37.1 Å². The molecule has 2 aromatic rings. The first-order valence-corrected chi connectivity index (χ1v) is 7.19. The van der Waals surface area contributed by atoms with Crippen LogP contribution in [0.25, 0.3) is 0 Å². The summed E-state index contributed by atoms with van der Waals surface area (Å²) in [4.78, 5) is 14.1. The molecule has 3 rings (SSSR count). The van der Waals surface area contributed by atoms with Crippen LogP contribution in [-0.2, 0) is 0 Å². The van der Waals surface area contributed by atoms with Crippen LogP contribution in [0.3, 0.4) is 0 Å². The first kappa shape index (κ1) is 14.3. The SMILES string of the molecule is COc1ccc(NC(=O)N2CCCC(c3nn[nH]n3)C2)cc1. The number of piperidine rings is 1. The molecule has 0 aliphatic carbocycles. The van der Waals surface area contributed by atoms with E-state index in [2.05, 4.69) is 25.9 Å². The third-order valence-electron chi connectivity index (χ3n) is 3.78. The summed E-state index contributed by atoms with van der Waals surface area (Å²) in [6.45, 7) is 1.33. The molecule has 0 radical (unpaired) electrons. The number of aromatic nitrogens is 4. The second kappa shape index (κ2) is 6.42. The van der Waals surface area contributed by atoms with Gasteiger partial charge in [0.05, 0.1) is 7.11 Å².